The van der Waals surface area contributed by atoms with Crippen molar-refractivity contribution in [3.63, 3.8) is 0 Å². The summed E-state index contributed by atoms with van der Waals surface area (Å²) in [7, 11) is 0. The van der Waals surface area contributed by atoms with Crippen LogP contribution in [0.5, 0.6) is 17.2 Å². The third-order valence-electron chi connectivity index (χ3n) is 4.40. The molecule has 0 saturated heterocycles. The molecule has 3 rings (SSSR count). The van der Waals surface area contributed by atoms with Crippen molar-refractivity contribution in [1.29, 1.82) is 0 Å². The van der Waals surface area contributed by atoms with E-state index < -0.39 is 11.9 Å². The van der Waals surface area contributed by atoms with Crippen LogP contribution in [0, 0.1) is 0 Å². The first kappa shape index (κ1) is 23.8. The van der Waals surface area contributed by atoms with Gasteiger partial charge < -0.3 is 23.7 Å². The van der Waals surface area contributed by atoms with Crippen LogP contribution < -0.4 is 14.2 Å². The molecule has 0 spiro atoms. The molecule has 0 atom stereocenters. The van der Waals surface area contributed by atoms with Crippen LogP contribution >= 0.6 is 0 Å². The SMILES string of the molecule is CCOCCOc1ccc(C(=O)Oc2cccc(C(=O)OCCOc3ccccc3)c2)cc1. The van der Waals surface area contributed by atoms with Gasteiger partial charge in [0.25, 0.3) is 0 Å². The Kier molecular flexibility index (Phi) is 9.29. The first-order chi connectivity index (χ1) is 16.2. The van der Waals surface area contributed by atoms with Gasteiger partial charge in [0.15, 0.2) is 0 Å². The first-order valence-corrected chi connectivity index (χ1v) is 10.6. The lowest BCUT2D eigenvalue weighted by molar-refractivity contribution is 0.0449. The molecule has 0 bridgehead atoms. The topological polar surface area (TPSA) is 80.3 Å². The Hall–Kier alpha value is -3.84. The average molecular weight is 450 g/mol. The van der Waals surface area contributed by atoms with Gasteiger partial charge in [-0.1, -0.05) is 24.3 Å². The van der Waals surface area contributed by atoms with Gasteiger partial charge in [0.2, 0.25) is 0 Å². The quantitative estimate of drug-likeness (QED) is 0.227. The van der Waals surface area contributed by atoms with Crippen molar-refractivity contribution in [3.05, 3.63) is 90.0 Å². The van der Waals surface area contributed by atoms with Gasteiger partial charge in [-0.3, -0.25) is 0 Å². The van der Waals surface area contributed by atoms with E-state index in [4.69, 9.17) is 23.7 Å². The van der Waals surface area contributed by atoms with Crippen LogP contribution in [0.4, 0.5) is 0 Å². The Morgan fingerprint density at radius 3 is 2.03 bits per heavy atom. The Balaban J connectivity index is 1.47. The molecule has 0 unspecified atom stereocenters. The van der Waals surface area contributed by atoms with E-state index in [0.29, 0.717) is 36.9 Å². The lowest BCUT2D eigenvalue weighted by Crippen LogP contribution is -2.13. The standard InChI is InChI=1S/C26H26O7/c1-2-29-15-16-30-23-13-11-20(12-14-23)26(28)33-24-10-6-7-21(19-24)25(27)32-18-17-31-22-8-4-3-5-9-22/h3-14,19H,2,15-18H2,1H3. The van der Waals surface area contributed by atoms with Gasteiger partial charge in [-0.05, 0) is 61.5 Å². The molecular formula is C26H26O7. The summed E-state index contributed by atoms with van der Waals surface area (Å²) in [6.07, 6.45) is 0. The van der Waals surface area contributed by atoms with E-state index >= 15 is 0 Å². The van der Waals surface area contributed by atoms with Gasteiger partial charge in [0.1, 0.15) is 37.1 Å². The monoisotopic (exact) mass is 450 g/mol. The molecule has 0 radical (unpaired) electrons. The molecule has 0 aliphatic rings. The summed E-state index contributed by atoms with van der Waals surface area (Å²) < 4.78 is 26.9. The lowest BCUT2D eigenvalue weighted by Gasteiger charge is -2.09. The summed E-state index contributed by atoms with van der Waals surface area (Å²) >= 11 is 0. The molecule has 3 aromatic carbocycles. The van der Waals surface area contributed by atoms with Crippen LogP contribution in [0.15, 0.2) is 78.9 Å². The summed E-state index contributed by atoms with van der Waals surface area (Å²) in [5, 5.41) is 0. The smallest absolute Gasteiger partial charge is 0.343 e. The second kappa shape index (κ2) is 12.9. The maximum atomic E-state index is 12.4. The normalized spacial score (nSPS) is 10.3. The van der Waals surface area contributed by atoms with Crippen molar-refractivity contribution in [2.24, 2.45) is 0 Å². The average Bonchev–Trinajstić information content (AvgIpc) is 2.85. The Morgan fingerprint density at radius 2 is 1.30 bits per heavy atom. The predicted octanol–water partition coefficient (Wildman–Crippen LogP) is 4.56. The van der Waals surface area contributed by atoms with Gasteiger partial charge in [-0.2, -0.15) is 0 Å². The minimum absolute atomic E-state index is 0.0940. The highest BCUT2D eigenvalue weighted by atomic mass is 16.6. The van der Waals surface area contributed by atoms with Crippen LogP contribution in [-0.2, 0) is 9.47 Å². The number of ether oxygens (including phenoxy) is 5. The van der Waals surface area contributed by atoms with Gasteiger partial charge in [-0.25, -0.2) is 9.59 Å². The molecule has 0 aliphatic heterocycles. The molecule has 0 saturated carbocycles. The number of carbonyl (C=O) groups is 2. The zero-order valence-electron chi connectivity index (χ0n) is 18.4. The minimum Gasteiger partial charge on any atom is -0.491 e. The van der Waals surface area contributed by atoms with E-state index in [1.807, 2.05) is 37.3 Å². The van der Waals surface area contributed by atoms with E-state index in [9.17, 15) is 9.59 Å². The third-order valence-corrected chi connectivity index (χ3v) is 4.40. The number of hydrogen-bond donors (Lipinski definition) is 0. The van der Waals surface area contributed by atoms with Crippen molar-refractivity contribution >= 4 is 11.9 Å². The Labute approximate surface area is 192 Å². The zero-order valence-corrected chi connectivity index (χ0v) is 18.4. The Bertz CT molecular complexity index is 1020. The van der Waals surface area contributed by atoms with Crippen LogP contribution in [0.1, 0.15) is 27.6 Å². The fourth-order valence-electron chi connectivity index (χ4n) is 2.80. The highest BCUT2D eigenvalue weighted by molar-refractivity contribution is 5.92. The Morgan fingerprint density at radius 1 is 0.636 bits per heavy atom. The van der Waals surface area contributed by atoms with Crippen molar-refractivity contribution < 1.29 is 33.3 Å². The molecule has 0 heterocycles. The molecule has 3 aromatic rings. The predicted molar refractivity (Wildman–Crippen MR) is 122 cm³/mol. The second-order valence-corrected chi connectivity index (χ2v) is 6.78. The molecule has 7 nitrogen and oxygen atoms in total. The van der Waals surface area contributed by atoms with E-state index in [1.54, 1.807) is 42.5 Å². The number of esters is 2. The molecule has 0 amide bonds. The summed E-state index contributed by atoms with van der Waals surface area (Å²) in [6.45, 7) is 3.81. The summed E-state index contributed by atoms with van der Waals surface area (Å²) in [6, 6.07) is 22.1. The maximum Gasteiger partial charge on any atom is 0.343 e. The number of para-hydroxylation sites is 1. The largest absolute Gasteiger partial charge is 0.491 e. The zero-order chi connectivity index (χ0) is 23.3. The van der Waals surface area contributed by atoms with E-state index in [1.165, 1.54) is 6.07 Å². The second-order valence-electron chi connectivity index (χ2n) is 6.78. The summed E-state index contributed by atoms with van der Waals surface area (Å²) in [5.74, 6) is 0.502. The highest BCUT2D eigenvalue weighted by Gasteiger charge is 2.12. The maximum absolute atomic E-state index is 12.4. The van der Waals surface area contributed by atoms with Gasteiger partial charge in [-0.15, -0.1) is 0 Å². The fourth-order valence-corrected chi connectivity index (χ4v) is 2.80. The number of hydrogen-bond acceptors (Lipinski definition) is 7. The molecule has 0 N–H and O–H groups in total. The van der Waals surface area contributed by atoms with Crippen molar-refractivity contribution in [2.75, 3.05) is 33.0 Å². The van der Waals surface area contributed by atoms with Crippen LogP contribution in [0.3, 0.4) is 0 Å². The van der Waals surface area contributed by atoms with E-state index in [2.05, 4.69) is 0 Å². The highest BCUT2D eigenvalue weighted by Crippen LogP contribution is 2.18. The van der Waals surface area contributed by atoms with Crippen molar-refractivity contribution in [3.8, 4) is 17.2 Å². The van der Waals surface area contributed by atoms with Crippen LogP contribution in [-0.4, -0.2) is 45.0 Å². The number of rotatable bonds is 12. The molecule has 33 heavy (non-hydrogen) atoms. The molecule has 0 aromatic heterocycles. The lowest BCUT2D eigenvalue weighted by atomic mass is 10.2. The summed E-state index contributed by atoms with van der Waals surface area (Å²) in [4.78, 5) is 24.7. The van der Waals surface area contributed by atoms with Gasteiger partial charge in [0, 0.05) is 6.61 Å². The first-order valence-electron chi connectivity index (χ1n) is 10.6. The molecule has 172 valence electrons. The number of benzene rings is 3. The third kappa shape index (κ3) is 7.97. The van der Waals surface area contributed by atoms with Gasteiger partial charge >= 0.3 is 11.9 Å². The van der Waals surface area contributed by atoms with Crippen LogP contribution in [0.2, 0.25) is 0 Å². The number of carbonyl (C=O) groups excluding carboxylic acids is 2. The van der Waals surface area contributed by atoms with Gasteiger partial charge in [0.05, 0.1) is 17.7 Å². The van der Waals surface area contributed by atoms with E-state index in [-0.39, 0.29) is 24.5 Å². The molecule has 0 aliphatic carbocycles. The minimum atomic E-state index is -0.544. The van der Waals surface area contributed by atoms with Crippen molar-refractivity contribution in [1.82, 2.24) is 0 Å². The molecule has 7 heteroatoms. The molecule has 0 fully saturated rings. The van der Waals surface area contributed by atoms with Crippen molar-refractivity contribution in [2.45, 2.75) is 6.92 Å². The van der Waals surface area contributed by atoms with E-state index in [0.717, 1.165) is 0 Å². The fraction of sp³-hybridized carbons (Fsp3) is 0.231. The molecular weight excluding hydrogens is 424 g/mol. The summed E-state index contributed by atoms with van der Waals surface area (Å²) in [5.41, 5.74) is 0.635. The van der Waals surface area contributed by atoms with Crippen LogP contribution in [0.25, 0.3) is 0 Å².